The number of hydrogen-bond donors (Lipinski definition) is 0. The summed E-state index contributed by atoms with van der Waals surface area (Å²) in [5.41, 5.74) is 1.45. The van der Waals surface area contributed by atoms with Crippen molar-refractivity contribution in [2.45, 2.75) is 84.7 Å². The summed E-state index contributed by atoms with van der Waals surface area (Å²) in [6, 6.07) is 10.9. The molecule has 0 saturated carbocycles. The van der Waals surface area contributed by atoms with Gasteiger partial charge in [0.1, 0.15) is 12.4 Å². The molecule has 1 aromatic carbocycles. The highest BCUT2D eigenvalue weighted by Crippen LogP contribution is 2.08. The SMILES string of the molecule is CCCCCc1n(CCCCC)cc[n+]1CCCc1ccccc1. The summed E-state index contributed by atoms with van der Waals surface area (Å²) in [6.07, 6.45) is 16.1. The Bertz CT molecular complexity index is 557. The number of hydrogen-bond acceptors (Lipinski definition) is 0. The van der Waals surface area contributed by atoms with Crippen LogP contribution < -0.4 is 4.57 Å². The molecule has 0 spiro atoms. The number of aryl methyl sites for hydroxylation is 3. The van der Waals surface area contributed by atoms with Crippen molar-refractivity contribution in [2.75, 3.05) is 0 Å². The van der Waals surface area contributed by atoms with Gasteiger partial charge in [-0.1, -0.05) is 63.4 Å². The van der Waals surface area contributed by atoms with Crippen LogP contribution in [0.25, 0.3) is 0 Å². The molecule has 1 heterocycles. The van der Waals surface area contributed by atoms with Crippen molar-refractivity contribution in [2.24, 2.45) is 0 Å². The van der Waals surface area contributed by atoms with Crippen molar-refractivity contribution in [1.82, 2.24) is 4.57 Å². The van der Waals surface area contributed by atoms with Crippen molar-refractivity contribution in [3.8, 4) is 0 Å². The molecular formula is C22H35N2+. The minimum absolute atomic E-state index is 1.14. The van der Waals surface area contributed by atoms with Crippen LogP contribution in [-0.4, -0.2) is 4.57 Å². The van der Waals surface area contributed by atoms with E-state index in [4.69, 9.17) is 0 Å². The van der Waals surface area contributed by atoms with Gasteiger partial charge in [-0.05, 0) is 37.7 Å². The van der Waals surface area contributed by atoms with E-state index < -0.39 is 0 Å². The largest absolute Gasteiger partial charge is 0.256 e. The standard InChI is InChI=1S/C22H35N2/c1-3-5-8-16-22-23(17-11-6-4-2)19-20-24(22)18-12-15-21-13-9-7-10-14-21/h7,9-10,13-14,19-20H,3-6,8,11-12,15-18H2,1-2H3/q+1. The topological polar surface area (TPSA) is 8.81 Å². The minimum atomic E-state index is 1.14. The normalized spacial score (nSPS) is 11.1. The summed E-state index contributed by atoms with van der Waals surface area (Å²) >= 11 is 0. The average molecular weight is 328 g/mol. The summed E-state index contributed by atoms with van der Waals surface area (Å²) in [7, 11) is 0. The number of unbranched alkanes of at least 4 members (excludes halogenated alkanes) is 4. The van der Waals surface area contributed by atoms with E-state index >= 15 is 0 Å². The highest BCUT2D eigenvalue weighted by atomic mass is 15.1. The van der Waals surface area contributed by atoms with Crippen LogP contribution in [0.15, 0.2) is 42.7 Å². The molecule has 0 N–H and O–H groups in total. The van der Waals surface area contributed by atoms with Gasteiger partial charge in [-0.25, -0.2) is 9.13 Å². The zero-order valence-corrected chi connectivity index (χ0v) is 15.7. The van der Waals surface area contributed by atoms with Crippen LogP contribution >= 0.6 is 0 Å². The van der Waals surface area contributed by atoms with Gasteiger partial charge in [0.15, 0.2) is 0 Å². The lowest BCUT2D eigenvalue weighted by molar-refractivity contribution is -0.704. The van der Waals surface area contributed by atoms with Gasteiger partial charge in [0.05, 0.1) is 13.1 Å². The summed E-state index contributed by atoms with van der Waals surface area (Å²) in [5.74, 6) is 1.53. The van der Waals surface area contributed by atoms with E-state index in [1.165, 1.54) is 75.7 Å². The average Bonchev–Trinajstić information content (AvgIpc) is 2.99. The van der Waals surface area contributed by atoms with E-state index in [2.05, 4.69) is 65.7 Å². The summed E-state index contributed by atoms with van der Waals surface area (Å²) < 4.78 is 5.01. The Hall–Kier alpha value is -1.57. The van der Waals surface area contributed by atoms with Crippen molar-refractivity contribution in [3.05, 3.63) is 54.1 Å². The first kappa shape index (κ1) is 18.8. The Labute approximate surface area is 148 Å². The predicted octanol–water partition coefficient (Wildman–Crippen LogP) is 5.33. The van der Waals surface area contributed by atoms with Gasteiger partial charge in [-0.2, -0.15) is 0 Å². The molecule has 24 heavy (non-hydrogen) atoms. The quantitative estimate of drug-likeness (QED) is 0.368. The summed E-state index contributed by atoms with van der Waals surface area (Å²) in [6.45, 7) is 6.88. The first-order valence-corrected chi connectivity index (χ1v) is 9.96. The molecule has 0 bridgehead atoms. The Morgan fingerprint density at radius 2 is 1.58 bits per heavy atom. The molecule has 2 nitrogen and oxygen atoms in total. The summed E-state index contributed by atoms with van der Waals surface area (Å²) in [5, 5.41) is 0. The molecule has 1 aromatic heterocycles. The third-order valence-electron chi connectivity index (χ3n) is 4.80. The Morgan fingerprint density at radius 1 is 0.833 bits per heavy atom. The fourth-order valence-corrected chi connectivity index (χ4v) is 3.36. The number of rotatable bonds is 12. The first-order valence-electron chi connectivity index (χ1n) is 9.96. The van der Waals surface area contributed by atoms with Gasteiger partial charge in [0, 0.05) is 6.42 Å². The van der Waals surface area contributed by atoms with Crippen molar-refractivity contribution >= 4 is 0 Å². The number of imidazole rings is 1. The van der Waals surface area contributed by atoms with Gasteiger partial charge >= 0.3 is 0 Å². The predicted molar refractivity (Wildman–Crippen MR) is 102 cm³/mol. The van der Waals surface area contributed by atoms with E-state index in [1.807, 2.05) is 0 Å². The molecule has 0 radical (unpaired) electrons. The molecule has 2 rings (SSSR count). The minimum Gasteiger partial charge on any atom is -0.234 e. The Balaban J connectivity index is 1.93. The fourth-order valence-electron chi connectivity index (χ4n) is 3.36. The van der Waals surface area contributed by atoms with Gasteiger partial charge in [-0.3, -0.25) is 0 Å². The van der Waals surface area contributed by atoms with Crippen LogP contribution in [0, 0.1) is 0 Å². The van der Waals surface area contributed by atoms with Crippen LogP contribution in [0.4, 0.5) is 0 Å². The second-order valence-corrected chi connectivity index (χ2v) is 6.85. The van der Waals surface area contributed by atoms with Gasteiger partial charge in [-0.15, -0.1) is 0 Å². The molecular weight excluding hydrogens is 292 g/mol. The van der Waals surface area contributed by atoms with Gasteiger partial charge in [0.2, 0.25) is 0 Å². The van der Waals surface area contributed by atoms with E-state index in [0.29, 0.717) is 0 Å². The lowest BCUT2D eigenvalue weighted by Gasteiger charge is -2.06. The maximum Gasteiger partial charge on any atom is 0.256 e. The maximum absolute atomic E-state index is 2.51. The Kier molecular flexibility index (Phi) is 8.65. The highest BCUT2D eigenvalue weighted by molar-refractivity contribution is 5.14. The number of benzene rings is 1. The molecule has 0 amide bonds. The van der Waals surface area contributed by atoms with Crippen molar-refractivity contribution < 1.29 is 4.57 Å². The summed E-state index contributed by atoms with van der Waals surface area (Å²) in [4.78, 5) is 0. The van der Waals surface area contributed by atoms with Gasteiger partial charge < -0.3 is 0 Å². The van der Waals surface area contributed by atoms with Crippen LogP contribution in [-0.2, 0) is 25.9 Å². The van der Waals surface area contributed by atoms with Crippen LogP contribution in [0.2, 0.25) is 0 Å². The third kappa shape index (κ3) is 6.14. The molecule has 0 aliphatic heterocycles. The second-order valence-electron chi connectivity index (χ2n) is 6.85. The molecule has 2 heteroatoms. The monoisotopic (exact) mass is 327 g/mol. The van der Waals surface area contributed by atoms with E-state index in [1.54, 1.807) is 0 Å². The number of nitrogens with zero attached hydrogens (tertiary/aromatic N) is 2. The molecule has 0 aliphatic rings. The molecule has 0 saturated heterocycles. The second kappa shape index (κ2) is 11.1. The molecule has 0 atom stereocenters. The van der Waals surface area contributed by atoms with Crippen molar-refractivity contribution in [1.29, 1.82) is 0 Å². The number of aromatic nitrogens is 2. The van der Waals surface area contributed by atoms with Crippen LogP contribution in [0.5, 0.6) is 0 Å². The molecule has 0 aliphatic carbocycles. The molecule has 0 unspecified atom stereocenters. The van der Waals surface area contributed by atoms with Crippen LogP contribution in [0.1, 0.15) is 70.2 Å². The van der Waals surface area contributed by atoms with Crippen molar-refractivity contribution in [3.63, 3.8) is 0 Å². The smallest absolute Gasteiger partial charge is 0.234 e. The van der Waals surface area contributed by atoms with Crippen LogP contribution in [0.3, 0.4) is 0 Å². The zero-order valence-electron chi connectivity index (χ0n) is 15.7. The molecule has 2 aromatic rings. The van der Waals surface area contributed by atoms with E-state index in [9.17, 15) is 0 Å². The van der Waals surface area contributed by atoms with E-state index in [0.717, 1.165) is 6.54 Å². The first-order chi connectivity index (χ1) is 11.8. The third-order valence-corrected chi connectivity index (χ3v) is 4.80. The lowest BCUT2D eigenvalue weighted by Crippen LogP contribution is -2.37. The maximum atomic E-state index is 2.51. The lowest BCUT2D eigenvalue weighted by atomic mass is 10.1. The molecule has 132 valence electrons. The Morgan fingerprint density at radius 3 is 2.33 bits per heavy atom. The van der Waals surface area contributed by atoms with E-state index in [-0.39, 0.29) is 0 Å². The van der Waals surface area contributed by atoms with Gasteiger partial charge in [0.25, 0.3) is 5.82 Å². The fraction of sp³-hybridized carbons (Fsp3) is 0.591. The zero-order chi connectivity index (χ0) is 17.0. The molecule has 0 fully saturated rings. The highest BCUT2D eigenvalue weighted by Gasteiger charge is 2.16.